The van der Waals surface area contributed by atoms with E-state index in [1.807, 2.05) is 19.2 Å². The van der Waals surface area contributed by atoms with Gasteiger partial charge in [0.25, 0.3) is 0 Å². The molecule has 0 N–H and O–H groups in total. The second-order valence-corrected chi connectivity index (χ2v) is 4.56. The molecule has 0 saturated heterocycles. The Morgan fingerprint density at radius 1 is 1.24 bits per heavy atom. The molecule has 0 aliphatic heterocycles. The maximum absolute atomic E-state index is 5.84. The van der Waals surface area contributed by atoms with Crippen LogP contribution < -0.4 is 4.90 Å². The van der Waals surface area contributed by atoms with Crippen LogP contribution in [0.3, 0.4) is 0 Å². The molecule has 0 amide bonds. The summed E-state index contributed by atoms with van der Waals surface area (Å²) < 4.78 is 10.7. The largest absolute Gasteiger partial charge is 0.380 e. The van der Waals surface area contributed by atoms with E-state index in [1.165, 1.54) is 0 Å². The molecule has 0 fully saturated rings. The third-order valence-corrected chi connectivity index (χ3v) is 3.38. The predicted molar refractivity (Wildman–Crippen MR) is 72.3 cm³/mol. The van der Waals surface area contributed by atoms with E-state index in [9.17, 15) is 0 Å². The van der Waals surface area contributed by atoms with Crippen molar-refractivity contribution in [1.82, 2.24) is 4.98 Å². The Balaban J connectivity index is 2.46. The summed E-state index contributed by atoms with van der Waals surface area (Å²) in [6.07, 6.45) is 0. The lowest BCUT2D eigenvalue weighted by Gasteiger charge is -2.21. The summed E-state index contributed by atoms with van der Waals surface area (Å²) in [6, 6.07) is 0. The maximum Gasteiger partial charge on any atom is 0.186 e. The number of hydrogen-bond donors (Lipinski definition) is 0. The molecule has 0 bridgehead atoms. The number of nitrogens with zero attached hydrogens (tertiary/aromatic N) is 2. The van der Waals surface area contributed by atoms with Crippen molar-refractivity contribution in [3.05, 3.63) is 10.5 Å². The Kier molecular flexibility index (Phi) is 7.51. The summed E-state index contributed by atoms with van der Waals surface area (Å²) in [5, 5.41) is 3.31. The third-order valence-electron chi connectivity index (χ3n) is 2.15. The van der Waals surface area contributed by atoms with Gasteiger partial charge >= 0.3 is 0 Å². The highest BCUT2D eigenvalue weighted by Gasteiger charge is 2.10. The van der Waals surface area contributed by atoms with Crippen LogP contribution in [0.2, 0.25) is 5.15 Å². The molecule has 1 rings (SSSR count). The summed E-state index contributed by atoms with van der Waals surface area (Å²) in [4.78, 5) is 6.41. The fourth-order valence-electron chi connectivity index (χ4n) is 1.33. The van der Waals surface area contributed by atoms with Crippen molar-refractivity contribution in [3.8, 4) is 0 Å². The Labute approximate surface area is 112 Å². The number of anilines is 1. The van der Waals surface area contributed by atoms with Gasteiger partial charge in [-0.25, -0.2) is 4.98 Å². The van der Waals surface area contributed by atoms with E-state index in [1.54, 1.807) is 11.3 Å². The van der Waals surface area contributed by atoms with E-state index in [0.29, 0.717) is 18.4 Å². The van der Waals surface area contributed by atoms with Gasteiger partial charge in [-0.2, -0.15) is 0 Å². The number of ether oxygens (including phenoxy) is 2. The summed E-state index contributed by atoms with van der Waals surface area (Å²) in [7, 11) is 0. The van der Waals surface area contributed by atoms with Crippen LogP contribution in [0.5, 0.6) is 0 Å². The molecular weight excluding hydrogens is 260 g/mol. The first-order valence-corrected chi connectivity index (χ1v) is 7.05. The molecule has 1 heterocycles. The van der Waals surface area contributed by atoms with Gasteiger partial charge in [-0.1, -0.05) is 11.6 Å². The van der Waals surface area contributed by atoms with Crippen LogP contribution >= 0.6 is 22.9 Å². The number of aromatic nitrogens is 1. The van der Waals surface area contributed by atoms with Crippen molar-refractivity contribution >= 4 is 28.1 Å². The zero-order chi connectivity index (χ0) is 12.5. The smallest absolute Gasteiger partial charge is 0.186 e. The van der Waals surface area contributed by atoms with Crippen LogP contribution in [-0.2, 0) is 9.47 Å². The highest BCUT2D eigenvalue weighted by atomic mass is 35.5. The molecule has 1 aromatic rings. The molecular formula is C11H19ClN2O2S. The predicted octanol–water partition coefficient (Wildman–Crippen LogP) is 2.68. The quantitative estimate of drug-likeness (QED) is 0.651. The lowest BCUT2D eigenvalue weighted by atomic mass is 10.5. The van der Waals surface area contributed by atoms with Crippen LogP contribution in [0.15, 0.2) is 5.38 Å². The second kappa shape index (κ2) is 8.69. The van der Waals surface area contributed by atoms with Crippen molar-refractivity contribution in [2.24, 2.45) is 0 Å². The third kappa shape index (κ3) is 5.68. The highest BCUT2D eigenvalue weighted by Crippen LogP contribution is 2.22. The van der Waals surface area contributed by atoms with E-state index in [0.717, 1.165) is 31.4 Å². The molecule has 0 radical (unpaired) electrons. The van der Waals surface area contributed by atoms with Crippen LogP contribution in [-0.4, -0.2) is 44.5 Å². The summed E-state index contributed by atoms with van der Waals surface area (Å²) in [5.74, 6) is 0. The molecule has 4 nitrogen and oxygen atoms in total. The zero-order valence-corrected chi connectivity index (χ0v) is 11.9. The first-order chi connectivity index (χ1) is 8.27. The Hall–Kier alpha value is -0.360. The lowest BCUT2D eigenvalue weighted by Crippen LogP contribution is -2.31. The van der Waals surface area contributed by atoms with Crippen LogP contribution in [0, 0.1) is 0 Å². The van der Waals surface area contributed by atoms with E-state index in [4.69, 9.17) is 21.1 Å². The van der Waals surface area contributed by atoms with Gasteiger partial charge in [0.2, 0.25) is 0 Å². The number of thiazole rings is 1. The normalized spacial score (nSPS) is 10.8. The molecule has 0 aliphatic rings. The van der Waals surface area contributed by atoms with E-state index < -0.39 is 0 Å². The maximum atomic E-state index is 5.84. The van der Waals surface area contributed by atoms with Gasteiger partial charge in [-0.3, -0.25) is 0 Å². The Morgan fingerprint density at radius 2 is 1.82 bits per heavy atom. The van der Waals surface area contributed by atoms with E-state index in [2.05, 4.69) is 9.88 Å². The zero-order valence-electron chi connectivity index (χ0n) is 10.3. The fourth-order valence-corrected chi connectivity index (χ4v) is 2.33. The highest BCUT2D eigenvalue weighted by molar-refractivity contribution is 7.14. The minimum Gasteiger partial charge on any atom is -0.380 e. The summed E-state index contributed by atoms with van der Waals surface area (Å²) >= 11 is 7.38. The Morgan fingerprint density at radius 3 is 2.24 bits per heavy atom. The van der Waals surface area contributed by atoms with Crippen molar-refractivity contribution in [1.29, 1.82) is 0 Å². The standard InChI is InChI=1S/C11H19ClN2O2S/c1-3-15-7-5-14(6-8-16-4-2)11-13-10(12)9-17-11/h9H,3-8H2,1-2H3. The molecule has 6 heteroatoms. The molecule has 0 atom stereocenters. The molecule has 17 heavy (non-hydrogen) atoms. The molecule has 0 aliphatic carbocycles. The SMILES string of the molecule is CCOCCN(CCOCC)c1nc(Cl)cs1. The van der Waals surface area contributed by atoms with Crippen molar-refractivity contribution in [2.75, 3.05) is 44.4 Å². The first-order valence-electron chi connectivity index (χ1n) is 5.79. The number of halogens is 1. The monoisotopic (exact) mass is 278 g/mol. The number of hydrogen-bond acceptors (Lipinski definition) is 5. The van der Waals surface area contributed by atoms with Crippen LogP contribution in [0.25, 0.3) is 0 Å². The van der Waals surface area contributed by atoms with Gasteiger partial charge in [-0.15, -0.1) is 11.3 Å². The van der Waals surface area contributed by atoms with Gasteiger partial charge in [0.15, 0.2) is 5.13 Å². The molecule has 98 valence electrons. The van der Waals surface area contributed by atoms with Crippen LogP contribution in [0.4, 0.5) is 5.13 Å². The summed E-state index contributed by atoms with van der Waals surface area (Å²) in [6.45, 7) is 8.46. The number of rotatable bonds is 9. The molecule has 0 saturated carbocycles. The average molecular weight is 279 g/mol. The van der Waals surface area contributed by atoms with Gasteiger partial charge in [0.05, 0.1) is 13.2 Å². The first kappa shape index (κ1) is 14.7. The van der Waals surface area contributed by atoms with Crippen molar-refractivity contribution < 1.29 is 9.47 Å². The van der Waals surface area contributed by atoms with E-state index >= 15 is 0 Å². The van der Waals surface area contributed by atoms with Gasteiger partial charge in [0.1, 0.15) is 5.15 Å². The molecule has 0 aromatic carbocycles. The van der Waals surface area contributed by atoms with Crippen molar-refractivity contribution in [3.63, 3.8) is 0 Å². The lowest BCUT2D eigenvalue weighted by molar-refractivity contribution is 0.141. The molecule has 0 spiro atoms. The van der Waals surface area contributed by atoms with Gasteiger partial charge in [-0.05, 0) is 13.8 Å². The van der Waals surface area contributed by atoms with Gasteiger partial charge in [0, 0.05) is 31.7 Å². The second-order valence-electron chi connectivity index (χ2n) is 3.33. The van der Waals surface area contributed by atoms with Gasteiger partial charge < -0.3 is 14.4 Å². The minimum absolute atomic E-state index is 0.544. The van der Waals surface area contributed by atoms with Crippen molar-refractivity contribution in [2.45, 2.75) is 13.8 Å². The van der Waals surface area contributed by atoms with Crippen LogP contribution in [0.1, 0.15) is 13.8 Å². The average Bonchev–Trinajstić information content (AvgIpc) is 2.74. The molecule has 0 unspecified atom stereocenters. The summed E-state index contributed by atoms with van der Waals surface area (Å²) in [5.41, 5.74) is 0. The topological polar surface area (TPSA) is 34.6 Å². The van der Waals surface area contributed by atoms with E-state index in [-0.39, 0.29) is 0 Å². The molecule has 1 aromatic heterocycles. The minimum atomic E-state index is 0.544. The Bertz CT molecular complexity index is 299. The fraction of sp³-hybridized carbons (Fsp3) is 0.727.